The standard InChI is InChI=1S/C18H21NO2S/c1-14-5-3-4-6-16(14)11-19-18(20)13-22-12-15-7-9-17(21-2)10-8-15/h3-10H,11-13H2,1-2H3,(H,19,20). The van der Waals surface area contributed by atoms with Gasteiger partial charge < -0.3 is 10.1 Å². The van der Waals surface area contributed by atoms with Gasteiger partial charge in [0.1, 0.15) is 5.75 Å². The molecular formula is C18H21NO2S. The van der Waals surface area contributed by atoms with Crippen LogP contribution in [0.1, 0.15) is 16.7 Å². The van der Waals surface area contributed by atoms with E-state index >= 15 is 0 Å². The molecule has 0 heterocycles. The van der Waals surface area contributed by atoms with Gasteiger partial charge in [-0.15, -0.1) is 11.8 Å². The summed E-state index contributed by atoms with van der Waals surface area (Å²) in [5, 5.41) is 2.96. The van der Waals surface area contributed by atoms with Gasteiger partial charge >= 0.3 is 0 Å². The average Bonchev–Trinajstić information content (AvgIpc) is 2.55. The van der Waals surface area contributed by atoms with Gasteiger partial charge in [0.05, 0.1) is 12.9 Å². The Morgan fingerprint density at radius 1 is 1.14 bits per heavy atom. The fourth-order valence-corrected chi connectivity index (χ4v) is 2.85. The van der Waals surface area contributed by atoms with Crippen molar-refractivity contribution in [2.75, 3.05) is 12.9 Å². The summed E-state index contributed by atoms with van der Waals surface area (Å²) < 4.78 is 5.12. The third kappa shape index (κ3) is 5.11. The van der Waals surface area contributed by atoms with Crippen LogP contribution in [0.4, 0.5) is 0 Å². The van der Waals surface area contributed by atoms with Crippen LogP contribution in [-0.2, 0) is 17.1 Å². The molecule has 0 saturated carbocycles. The zero-order valence-corrected chi connectivity index (χ0v) is 13.8. The van der Waals surface area contributed by atoms with Gasteiger partial charge in [-0.05, 0) is 35.7 Å². The molecule has 2 aromatic rings. The normalized spacial score (nSPS) is 10.3. The Morgan fingerprint density at radius 2 is 1.86 bits per heavy atom. The molecule has 0 bridgehead atoms. The van der Waals surface area contributed by atoms with Crippen molar-refractivity contribution in [1.29, 1.82) is 0 Å². The molecule has 0 aliphatic heterocycles. The van der Waals surface area contributed by atoms with Gasteiger partial charge in [-0.25, -0.2) is 0 Å². The third-order valence-electron chi connectivity index (χ3n) is 3.40. The van der Waals surface area contributed by atoms with E-state index in [1.807, 2.05) is 42.5 Å². The molecule has 0 aliphatic rings. The van der Waals surface area contributed by atoms with Crippen molar-refractivity contribution < 1.29 is 9.53 Å². The van der Waals surface area contributed by atoms with Crippen LogP contribution in [0.5, 0.6) is 5.75 Å². The molecule has 1 N–H and O–H groups in total. The van der Waals surface area contributed by atoms with Gasteiger partial charge in [0, 0.05) is 12.3 Å². The van der Waals surface area contributed by atoms with Crippen LogP contribution in [0.2, 0.25) is 0 Å². The highest BCUT2D eigenvalue weighted by Gasteiger charge is 2.03. The van der Waals surface area contributed by atoms with Crippen molar-refractivity contribution in [3.63, 3.8) is 0 Å². The Hall–Kier alpha value is -1.94. The Labute approximate surface area is 136 Å². The first-order valence-corrected chi connectivity index (χ1v) is 8.36. The van der Waals surface area contributed by atoms with E-state index in [1.54, 1.807) is 18.9 Å². The predicted molar refractivity (Wildman–Crippen MR) is 92.2 cm³/mol. The first-order chi connectivity index (χ1) is 10.7. The minimum absolute atomic E-state index is 0.0711. The lowest BCUT2D eigenvalue weighted by molar-refractivity contribution is -0.118. The lowest BCUT2D eigenvalue weighted by Crippen LogP contribution is -2.24. The van der Waals surface area contributed by atoms with Crippen molar-refractivity contribution in [1.82, 2.24) is 5.32 Å². The number of aryl methyl sites for hydroxylation is 1. The first-order valence-electron chi connectivity index (χ1n) is 7.21. The molecule has 22 heavy (non-hydrogen) atoms. The van der Waals surface area contributed by atoms with Gasteiger partial charge in [0.15, 0.2) is 0 Å². The summed E-state index contributed by atoms with van der Waals surface area (Å²) in [5.74, 6) is 2.21. The monoisotopic (exact) mass is 315 g/mol. The van der Waals surface area contributed by atoms with Gasteiger partial charge in [-0.2, -0.15) is 0 Å². The summed E-state index contributed by atoms with van der Waals surface area (Å²) in [5.41, 5.74) is 3.56. The zero-order chi connectivity index (χ0) is 15.8. The molecule has 0 aliphatic carbocycles. The Morgan fingerprint density at radius 3 is 2.55 bits per heavy atom. The largest absolute Gasteiger partial charge is 0.497 e. The molecule has 0 saturated heterocycles. The van der Waals surface area contributed by atoms with E-state index in [2.05, 4.69) is 18.3 Å². The van der Waals surface area contributed by atoms with Gasteiger partial charge in [-0.3, -0.25) is 4.79 Å². The molecule has 0 spiro atoms. The summed E-state index contributed by atoms with van der Waals surface area (Å²) in [4.78, 5) is 11.9. The number of carbonyl (C=O) groups excluding carboxylic acids is 1. The molecule has 3 nitrogen and oxygen atoms in total. The number of methoxy groups -OCH3 is 1. The Bertz CT molecular complexity index is 611. The molecule has 0 fully saturated rings. The third-order valence-corrected chi connectivity index (χ3v) is 4.40. The number of ether oxygens (including phenoxy) is 1. The van der Waals surface area contributed by atoms with Crippen molar-refractivity contribution in [2.24, 2.45) is 0 Å². The Balaban J connectivity index is 1.70. The molecule has 0 radical (unpaired) electrons. The average molecular weight is 315 g/mol. The summed E-state index contributed by atoms with van der Waals surface area (Å²) in [6.07, 6.45) is 0. The van der Waals surface area contributed by atoms with E-state index in [4.69, 9.17) is 4.74 Å². The second kappa shape index (κ2) is 8.49. The highest BCUT2D eigenvalue weighted by Crippen LogP contribution is 2.16. The second-order valence-corrected chi connectivity index (χ2v) is 6.03. The molecule has 2 rings (SSSR count). The lowest BCUT2D eigenvalue weighted by Gasteiger charge is -2.08. The molecule has 2 aromatic carbocycles. The second-order valence-electron chi connectivity index (χ2n) is 5.04. The SMILES string of the molecule is COc1ccc(CSCC(=O)NCc2ccccc2C)cc1. The number of hydrogen-bond donors (Lipinski definition) is 1. The molecule has 1 amide bonds. The van der Waals surface area contributed by atoms with E-state index in [1.165, 1.54) is 11.1 Å². The van der Waals surface area contributed by atoms with E-state index in [9.17, 15) is 4.79 Å². The predicted octanol–water partition coefficient (Wildman–Crippen LogP) is 3.55. The van der Waals surface area contributed by atoms with Crippen molar-refractivity contribution >= 4 is 17.7 Å². The van der Waals surface area contributed by atoms with Crippen molar-refractivity contribution in [3.05, 3.63) is 65.2 Å². The maximum absolute atomic E-state index is 11.9. The molecule has 116 valence electrons. The number of thioether (sulfide) groups is 1. The van der Waals surface area contributed by atoms with Crippen molar-refractivity contribution in [3.8, 4) is 5.75 Å². The van der Waals surface area contributed by atoms with Crippen LogP contribution in [0, 0.1) is 6.92 Å². The van der Waals surface area contributed by atoms with Crippen LogP contribution in [0.25, 0.3) is 0 Å². The highest BCUT2D eigenvalue weighted by molar-refractivity contribution is 7.99. The summed E-state index contributed by atoms with van der Waals surface area (Å²) >= 11 is 1.61. The molecular weight excluding hydrogens is 294 g/mol. The lowest BCUT2D eigenvalue weighted by atomic mass is 10.1. The van der Waals surface area contributed by atoms with Crippen molar-refractivity contribution in [2.45, 2.75) is 19.2 Å². The van der Waals surface area contributed by atoms with E-state index < -0.39 is 0 Å². The Kier molecular flexibility index (Phi) is 6.34. The quantitative estimate of drug-likeness (QED) is 0.849. The van der Waals surface area contributed by atoms with Gasteiger partial charge in [0.2, 0.25) is 5.91 Å². The van der Waals surface area contributed by atoms with Gasteiger partial charge in [0.25, 0.3) is 0 Å². The van der Waals surface area contributed by atoms with Gasteiger partial charge in [-0.1, -0.05) is 36.4 Å². The highest BCUT2D eigenvalue weighted by atomic mass is 32.2. The van der Waals surface area contributed by atoms with E-state index in [0.29, 0.717) is 12.3 Å². The number of rotatable bonds is 7. The number of amides is 1. The number of carbonyl (C=O) groups is 1. The summed E-state index contributed by atoms with van der Waals surface area (Å²) in [6.45, 7) is 2.65. The van der Waals surface area contributed by atoms with Crippen LogP contribution in [0.3, 0.4) is 0 Å². The molecule has 0 atom stereocenters. The maximum atomic E-state index is 11.9. The number of hydrogen-bond acceptors (Lipinski definition) is 3. The smallest absolute Gasteiger partial charge is 0.230 e. The fourth-order valence-electron chi connectivity index (χ4n) is 2.04. The summed E-state index contributed by atoms with van der Waals surface area (Å²) in [7, 11) is 1.66. The molecule has 0 unspecified atom stereocenters. The van der Waals surface area contributed by atoms with Crippen LogP contribution >= 0.6 is 11.8 Å². The molecule has 0 aromatic heterocycles. The molecule has 4 heteroatoms. The number of benzene rings is 2. The summed E-state index contributed by atoms with van der Waals surface area (Å²) in [6, 6.07) is 16.0. The maximum Gasteiger partial charge on any atom is 0.230 e. The minimum atomic E-state index is 0.0711. The zero-order valence-electron chi connectivity index (χ0n) is 13.0. The fraction of sp³-hybridized carbons (Fsp3) is 0.278. The van der Waals surface area contributed by atoms with E-state index in [-0.39, 0.29) is 5.91 Å². The topological polar surface area (TPSA) is 38.3 Å². The van der Waals surface area contributed by atoms with Crippen LogP contribution in [0.15, 0.2) is 48.5 Å². The minimum Gasteiger partial charge on any atom is -0.497 e. The number of nitrogens with one attached hydrogen (secondary N) is 1. The first kappa shape index (κ1) is 16.4. The van der Waals surface area contributed by atoms with E-state index in [0.717, 1.165) is 17.1 Å². The van der Waals surface area contributed by atoms with Crippen LogP contribution < -0.4 is 10.1 Å². The van der Waals surface area contributed by atoms with Crippen LogP contribution in [-0.4, -0.2) is 18.8 Å².